The van der Waals surface area contributed by atoms with Crippen LogP contribution >= 0.6 is 0 Å². The molecule has 1 aliphatic carbocycles. The molecule has 2 heteroatoms. The lowest BCUT2D eigenvalue weighted by molar-refractivity contribution is 0.262. The molecule has 0 amide bonds. The minimum absolute atomic E-state index is 0.791. The number of benzene rings is 1. The molecular weight excluding hydrogens is 232 g/mol. The molecule has 1 aromatic rings. The van der Waals surface area contributed by atoms with Crippen LogP contribution in [-0.2, 0) is 0 Å². The molecule has 19 heavy (non-hydrogen) atoms. The average Bonchev–Trinajstić information content (AvgIpc) is 3.27. The second-order valence-electron chi connectivity index (χ2n) is 6.28. The fraction of sp³-hybridized carbons (Fsp3) is 0.647. The van der Waals surface area contributed by atoms with Crippen LogP contribution in [0.2, 0.25) is 0 Å². The van der Waals surface area contributed by atoms with Crippen molar-refractivity contribution in [3.05, 3.63) is 35.9 Å². The van der Waals surface area contributed by atoms with Crippen molar-refractivity contribution in [1.82, 2.24) is 10.2 Å². The summed E-state index contributed by atoms with van der Waals surface area (Å²) < 4.78 is 0. The minimum atomic E-state index is 0.791. The highest BCUT2D eigenvalue weighted by molar-refractivity contribution is 5.27. The molecule has 104 valence electrons. The first-order valence-corrected chi connectivity index (χ1v) is 7.80. The molecule has 0 radical (unpaired) electrons. The molecular formula is C17H26N2. The van der Waals surface area contributed by atoms with E-state index in [9.17, 15) is 0 Å². The first-order chi connectivity index (χ1) is 9.34. The highest BCUT2D eigenvalue weighted by atomic mass is 15.2. The third-order valence-electron chi connectivity index (χ3n) is 4.90. The molecule has 0 spiro atoms. The lowest BCUT2D eigenvalue weighted by Crippen LogP contribution is -2.31. The third-order valence-corrected chi connectivity index (χ3v) is 4.90. The van der Waals surface area contributed by atoms with E-state index >= 15 is 0 Å². The van der Waals surface area contributed by atoms with E-state index in [1.54, 1.807) is 0 Å². The Hall–Kier alpha value is -0.860. The summed E-state index contributed by atoms with van der Waals surface area (Å²) in [4.78, 5) is 2.60. The Morgan fingerprint density at radius 3 is 2.63 bits per heavy atom. The molecule has 1 saturated heterocycles. The van der Waals surface area contributed by atoms with Crippen LogP contribution in [0.25, 0.3) is 0 Å². The van der Waals surface area contributed by atoms with E-state index in [-0.39, 0.29) is 0 Å². The zero-order valence-corrected chi connectivity index (χ0v) is 12.0. The van der Waals surface area contributed by atoms with Crippen LogP contribution in [0.15, 0.2) is 30.3 Å². The first kappa shape index (κ1) is 13.1. The largest absolute Gasteiger partial charge is 0.317 e. The quantitative estimate of drug-likeness (QED) is 0.873. The Labute approximate surface area is 117 Å². The summed E-state index contributed by atoms with van der Waals surface area (Å²) in [5.41, 5.74) is 1.53. The van der Waals surface area contributed by atoms with Gasteiger partial charge < -0.3 is 10.2 Å². The molecule has 0 bridgehead atoms. The molecule has 2 nitrogen and oxygen atoms in total. The normalized spacial score (nSPS) is 27.7. The predicted octanol–water partition coefficient (Wildman–Crippen LogP) is 2.86. The molecule has 1 saturated carbocycles. The number of nitrogens with one attached hydrogen (secondary N) is 1. The van der Waals surface area contributed by atoms with E-state index in [2.05, 4.69) is 47.6 Å². The van der Waals surface area contributed by atoms with Crippen molar-refractivity contribution < 1.29 is 0 Å². The van der Waals surface area contributed by atoms with E-state index in [0.29, 0.717) is 0 Å². The highest BCUT2D eigenvalue weighted by Gasteiger charge is 2.40. The van der Waals surface area contributed by atoms with Crippen LogP contribution in [0.1, 0.15) is 37.2 Å². The molecule has 1 aromatic carbocycles. The molecule has 0 aromatic heterocycles. The van der Waals surface area contributed by atoms with Gasteiger partial charge in [0.25, 0.3) is 0 Å². The van der Waals surface area contributed by atoms with Crippen molar-refractivity contribution in [2.75, 3.05) is 26.7 Å². The van der Waals surface area contributed by atoms with Crippen molar-refractivity contribution in [2.45, 2.75) is 37.6 Å². The van der Waals surface area contributed by atoms with Crippen molar-refractivity contribution in [2.24, 2.45) is 5.92 Å². The summed E-state index contributed by atoms with van der Waals surface area (Å²) in [6, 6.07) is 11.8. The Bertz CT molecular complexity index is 384. The van der Waals surface area contributed by atoms with Crippen LogP contribution in [0.5, 0.6) is 0 Å². The van der Waals surface area contributed by atoms with Gasteiger partial charge in [-0.3, -0.25) is 0 Å². The smallest absolute Gasteiger partial charge is 0.0168 e. The van der Waals surface area contributed by atoms with Crippen molar-refractivity contribution in [3.63, 3.8) is 0 Å². The molecule has 1 N–H and O–H groups in total. The maximum Gasteiger partial charge on any atom is 0.0168 e. The zero-order valence-electron chi connectivity index (χ0n) is 12.0. The van der Waals surface area contributed by atoms with E-state index in [0.717, 1.165) is 17.9 Å². The second kappa shape index (κ2) is 6.06. The first-order valence-electron chi connectivity index (χ1n) is 7.80. The lowest BCUT2D eigenvalue weighted by Gasteiger charge is -2.25. The van der Waals surface area contributed by atoms with E-state index in [1.165, 1.54) is 50.9 Å². The minimum Gasteiger partial charge on any atom is -0.317 e. The fourth-order valence-electron chi connectivity index (χ4n) is 3.45. The van der Waals surface area contributed by atoms with Gasteiger partial charge in [0, 0.05) is 12.0 Å². The number of piperidine rings is 1. The standard InChI is InChI=1S/C17H26N2/c1-19(12-9-14-7-10-18-11-8-14)17-13-16(17)15-5-3-2-4-6-15/h2-6,14,16-18H,7-13H2,1H3/t16-,17+/m0/s1. The van der Waals surface area contributed by atoms with Gasteiger partial charge in [0.05, 0.1) is 0 Å². The lowest BCUT2D eigenvalue weighted by atomic mass is 9.94. The number of rotatable bonds is 5. The Morgan fingerprint density at radius 1 is 1.16 bits per heavy atom. The molecule has 1 aliphatic heterocycles. The van der Waals surface area contributed by atoms with E-state index in [4.69, 9.17) is 0 Å². The summed E-state index contributed by atoms with van der Waals surface area (Å²) in [6.45, 7) is 3.73. The molecule has 0 unspecified atom stereocenters. The van der Waals surface area contributed by atoms with Crippen LogP contribution in [0.3, 0.4) is 0 Å². The average molecular weight is 258 g/mol. The molecule has 2 aliphatic rings. The van der Waals surface area contributed by atoms with Crippen LogP contribution in [-0.4, -0.2) is 37.6 Å². The van der Waals surface area contributed by atoms with Gasteiger partial charge in [0.15, 0.2) is 0 Å². The van der Waals surface area contributed by atoms with Gasteiger partial charge in [-0.25, -0.2) is 0 Å². The van der Waals surface area contributed by atoms with Gasteiger partial charge in [-0.1, -0.05) is 30.3 Å². The summed E-state index contributed by atoms with van der Waals surface area (Å²) in [5.74, 6) is 1.75. The Morgan fingerprint density at radius 2 is 1.89 bits per heavy atom. The third kappa shape index (κ3) is 3.37. The van der Waals surface area contributed by atoms with Crippen LogP contribution in [0, 0.1) is 5.92 Å². The van der Waals surface area contributed by atoms with Crippen molar-refractivity contribution >= 4 is 0 Å². The summed E-state index contributed by atoms with van der Waals surface area (Å²) in [7, 11) is 2.31. The Balaban J connectivity index is 1.43. The van der Waals surface area contributed by atoms with Crippen LogP contribution < -0.4 is 5.32 Å². The van der Waals surface area contributed by atoms with Gasteiger partial charge >= 0.3 is 0 Å². The topological polar surface area (TPSA) is 15.3 Å². The summed E-state index contributed by atoms with van der Waals surface area (Å²) >= 11 is 0. The van der Waals surface area contributed by atoms with Crippen LogP contribution in [0.4, 0.5) is 0 Å². The molecule has 3 rings (SSSR count). The number of hydrogen-bond donors (Lipinski definition) is 1. The maximum atomic E-state index is 3.45. The van der Waals surface area contributed by atoms with Gasteiger partial charge in [-0.2, -0.15) is 0 Å². The Kier molecular flexibility index (Phi) is 4.19. The summed E-state index contributed by atoms with van der Waals surface area (Å²) in [6.07, 6.45) is 5.49. The van der Waals surface area contributed by atoms with Gasteiger partial charge in [-0.05, 0) is 63.8 Å². The highest BCUT2D eigenvalue weighted by Crippen LogP contribution is 2.44. The second-order valence-corrected chi connectivity index (χ2v) is 6.28. The molecule has 2 fully saturated rings. The summed E-state index contributed by atoms with van der Waals surface area (Å²) in [5, 5.41) is 3.45. The van der Waals surface area contributed by atoms with Gasteiger partial charge in [-0.15, -0.1) is 0 Å². The van der Waals surface area contributed by atoms with Gasteiger partial charge in [0.1, 0.15) is 0 Å². The molecule has 2 atom stereocenters. The maximum absolute atomic E-state index is 3.45. The molecule has 1 heterocycles. The monoisotopic (exact) mass is 258 g/mol. The van der Waals surface area contributed by atoms with E-state index < -0.39 is 0 Å². The number of hydrogen-bond acceptors (Lipinski definition) is 2. The van der Waals surface area contributed by atoms with Crippen molar-refractivity contribution in [1.29, 1.82) is 0 Å². The zero-order chi connectivity index (χ0) is 13.1. The van der Waals surface area contributed by atoms with Crippen molar-refractivity contribution in [3.8, 4) is 0 Å². The fourth-order valence-corrected chi connectivity index (χ4v) is 3.45. The van der Waals surface area contributed by atoms with Gasteiger partial charge in [0.2, 0.25) is 0 Å². The van der Waals surface area contributed by atoms with E-state index in [1.807, 2.05) is 0 Å². The number of likely N-dealkylation sites (N-methyl/N-ethyl adjacent to an activating group) is 1. The predicted molar refractivity (Wildman–Crippen MR) is 80.4 cm³/mol. The number of nitrogens with zero attached hydrogens (tertiary/aromatic N) is 1. The SMILES string of the molecule is CN(CCC1CCNCC1)[C@@H]1C[C@H]1c1ccccc1.